The molecule has 0 aliphatic heterocycles. The van der Waals surface area contributed by atoms with Crippen molar-refractivity contribution in [1.29, 1.82) is 0 Å². The molecule has 0 unspecified atom stereocenters. The average molecular weight is 529 g/mol. The summed E-state index contributed by atoms with van der Waals surface area (Å²) in [6.45, 7) is 1.50. The predicted molar refractivity (Wildman–Crippen MR) is 129 cm³/mol. The highest BCUT2D eigenvalue weighted by atomic mass is 79.9. The van der Waals surface area contributed by atoms with E-state index in [4.69, 9.17) is 9.25 Å². The van der Waals surface area contributed by atoms with E-state index in [0.29, 0.717) is 11.0 Å². The fourth-order valence-electron chi connectivity index (χ4n) is 3.73. The zero-order chi connectivity index (χ0) is 24.2. The van der Waals surface area contributed by atoms with Crippen LogP contribution < -0.4 is 5.43 Å². The first-order chi connectivity index (χ1) is 16.3. The first kappa shape index (κ1) is 23.4. The average Bonchev–Trinajstić information content (AvgIpc) is 3.19. The number of hydrogen-bond donors (Lipinski definition) is 2. The third kappa shape index (κ3) is 4.93. The van der Waals surface area contributed by atoms with Gasteiger partial charge >= 0.3 is 5.69 Å². The maximum atomic E-state index is 12.3. The zero-order valence-corrected chi connectivity index (χ0v) is 19.7. The minimum atomic E-state index is -0.954. The Balaban J connectivity index is 1.50. The molecule has 1 aliphatic rings. The van der Waals surface area contributed by atoms with E-state index in [2.05, 4.69) is 31.6 Å². The normalized spacial score (nSPS) is 14.4. The van der Waals surface area contributed by atoms with Gasteiger partial charge in [-0.2, -0.15) is 5.10 Å². The van der Waals surface area contributed by atoms with Gasteiger partial charge in [-0.3, -0.25) is 14.9 Å². The molecule has 176 valence electrons. The minimum Gasteiger partial charge on any atom is -0.502 e. The molecular weight excluding hydrogens is 508 g/mol. The molecule has 1 amide bonds. The number of nitro groups is 1. The van der Waals surface area contributed by atoms with Gasteiger partial charge in [-0.15, -0.1) is 0 Å². The molecule has 0 bridgehead atoms. The quantitative estimate of drug-likeness (QED) is 0.261. The number of nitrogens with zero attached hydrogens (tertiary/aromatic N) is 3. The van der Waals surface area contributed by atoms with E-state index in [1.54, 1.807) is 0 Å². The number of hydrogen-bond acceptors (Lipinski definition) is 8. The standard InChI is InChI=1S/C23H21BrN4O6/c1-13(34-26-11-14-6-8-15(24)9-7-14)23(30)27-25-12-17-21-16-4-2-3-5-19(16)33-20(21)10-18(22(17)29)28(31)32/h6-13,29H,2-5H2,1H3,(H,27,30)/b25-12-,26-11+/t13-/m0/s1. The number of halogens is 1. The van der Waals surface area contributed by atoms with E-state index in [1.165, 1.54) is 25.4 Å². The summed E-state index contributed by atoms with van der Waals surface area (Å²) in [6, 6.07) is 8.57. The van der Waals surface area contributed by atoms with Gasteiger partial charge in [0.05, 0.1) is 29.0 Å². The number of carbonyl (C=O) groups excluding carboxylic acids is 1. The number of hydrazone groups is 1. The second kappa shape index (κ2) is 10.0. The van der Waals surface area contributed by atoms with Crippen LogP contribution in [0.5, 0.6) is 5.75 Å². The molecule has 4 rings (SSSR count). The van der Waals surface area contributed by atoms with Gasteiger partial charge in [0.1, 0.15) is 11.3 Å². The highest BCUT2D eigenvalue weighted by molar-refractivity contribution is 9.10. The molecule has 2 N–H and O–H groups in total. The summed E-state index contributed by atoms with van der Waals surface area (Å²) in [5.41, 5.74) is 3.95. The number of rotatable bonds is 7. The number of benzene rings is 2. The number of nitrogens with one attached hydrogen (secondary N) is 1. The van der Waals surface area contributed by atoms with Crippen molar-refractivity contribution in [2.24, 2.45) is 10.3 Å². The Kier molecular flexibility index (Phi) is 6.92. The lowest BCUT2D eigenvalue weighted by Gasteiger charge is -2.10. The SMILES string of the molecule is C[C@H](O/N=C/c1ccc(Br)cc1)C(=O)N/N=C\c1c(O)c([N+](=O)[O-])cc2oc3c(c12)CCCC3. The van der Waals surface area contributed by atoms with Crippen LogP contribution in [0.1, 0.15) is 42.2 Å². The van der Waals surface area contributed by atoms with Crippen LogP contribution in [0.3, 0.4) is 0 Å². The van der Waals surface area contributed by atoms with Crippen LogP contribution in [-0.4, -0.2) is 34.5 Å². The molecule has 1 aromatic heterocycles. The molecule has 0 saturated carbocycles. The molecule has 10 nitrogen and oxygen atoms in total. The Morgan fingerprint density at radius 1 is 1.29 bits per heavy atom. The zero-order valence-electron chi connectivity index (χ0n) is 18.2. The molecule has 34 heavy (non-hydrogen) atoms. The van der Waals surface area contributed by atoms with E-state index >= 15 is 0 Å². The highest BCUT2D eigenvalue weighted by Crippen LogP contribution is 2.41. The van der Waals surface area contributed by atoms with Crippen molar-refractivity contribution < 1.29 is 24.1 Å². The summed E-state index contributed by atoms with van der Waals surface area (Å²) < 4.78 is 6.76. The second-order valence-electron chi connectivity index (χ2n) is 7.77. The minimum absolute atomic E-state index is 0.123. The lowest BCUT2D eigenvalue weighted by atomic mass is 9.93. The molecule has 0 spiro atoms. The number of oxime groups is 1. The lowest BCUT2D eigenvalue weighted by Crippen LogP contribution is -2.30. The summed E-state index contributed by atoms with van der Waals surface area (Å²) in [5.74, 6) is -0.363. The largest absolute Gasteiger partial charge is 0.502 e. The Labute approximate surface area is 202 Å². The van der Waals surface area contributed by atoms with Crippen LogP contribution in [-0.2, 0) is 22.5 Å². The Morgan fingerprint density at radius 2 is 2.03 bits per heavy atom. The molecule has 0 saturated heterocycles. The lowest BCUT2D eigenvalue weighted by molar-refractivity contribution is -0.385. The number of aromatic hydroxyl groups is 1. The van der Waals surface area contributed by atoms with Crippen LogP contribution in [0.15, 0.2) is 49.5 Å². The summed E-state index contributed by atoms with van der Waals surface area (Å²) >= 11 is 3.34. The third-order valence-corrected chi connectivity index (χ3v) is 5.99. The van der Waals surface area contributed by atoms with Crippen LogP contribution >= 0.6 is 15.9 Å². The van der Waals surface area contributed by atoms with Crippen LogP contribution in [0.2, 0.25) is 0 Å². The van der Waals surface area contributed by atoms with Gasteiger partial charge in [0.2, 0.25) is 11.9 Å². The van der Waals surface area contributed by atoms with Gasteiger partial charge in [-0.1, -0.05) is 33.2 Å². The fraction of sp³-hybridized carbons (Fsp3) is 0.261. The van der Waals surface area contributed by atoms with E-state index in [-0.39, 0.29) is 5.56 Å². The molecule has 1 aliphatic carbocycles. The third-order valence-electron chi connectivity index (χ3n) is 5.46. The maximum Gasteiger partial charge on any atom is 0.315 e. The Hall–Kier alpha value is -3.73. The van der Waals surface area contributed by atoms with Gasteiger partial charge in [-0.05, 0) is 43.9 Å². The van der Waals surface area contributed by atoms with Crippen LogP contribution in [0.4, 0.5) is 5.69 Å². The summed E-state index contributed by atoms with van der Waals surface area (Å²) in [5, 5.41) is 30.2. The molecule has 0 fully saturated rings. The van der Waals surface area contributed by atoms with Crippen molar-refractivity contribution in [3.05, 3.63) is 67.4 Å². The van der Waals surface area contributed by atoms with Gasteiger partial charge in [-0.25, -0.2) is 5.43 Å². The predicted octanol–water partition coefficient (Wildman–Crippen LogP) is 4.58. The van der Waals surface area contributed by atoms with E-state index in [1.807, 2.05) is 24.3 Å². The first-order valence-electron chi connectivity index (χ1n) is 10.6. The highest BCUT2D eigenvalue weighted by Gasteiger charge is 2.27. The number of furan rings is 1. The summed E-state index contributed by atoms with van der Waals surface area (Å²) in [4.78, 5) is 28.2. The summed E-state index contributed by atoms with van der Waals surface area (Å²) in [7, 11) is 0. The monoisotopic (exact) mass is 528 g/mol. The molecule has 1 heterocycles. The van der Waals surface area contributed by atoms with E-state index < -0.39 is 28.4 Å². The van der Waals surface area contributed by atoms with Crippen molar-refractivity contribution in [2.45, 2.75) is 38.7 Å². The van der Waals surface area contributed by atoms with E-state index in [9.17, 15) is 20.0 Å². The molecule has 3 aromatic rings. The van der Waals surface area contributed by atoms with Crippen molar-refractivity contribution >= 4 is 50.9 Å². The van der Waals surface area contributed by atoms with Gasteiger partial charge < -0.3 is 14.4 Å². The topological polar surface area (TPSA) is 140 Å². The van der Waals surface area contributed by atoms with Crippen molar-refractivity contribution in [1.82, 2.24) is 5.43 Å². The van der Waals surface area contributed by atoms with Crippen molar-refractivity contribution in [2.75, 3.05) is 0 Å². The molecule has 1 atom stereocenters. The van der Waals surface area contributed by atoms with Gasteiger partial charge in [0.15, 0.2) is 0 Å². The molecule has 0 radical (unpaired) electrons. The van der Waals surface area contributed by atoms with Crippen molar-refractivity contribution in [3.8, 4) is 5.75 Å². The number of phenolic OH excluding ortho intramolecular Hbond substituents is 1. The maximum absolute atomic E-state index is 12.3. The molecule has 2 aromatic carbocycles. The number of carbonyl (C=O) groups is 1. The van der Waals surface area contributed by atoms with Crippen LogP contribution in [0, 0.1) is 10.1 Å². The number of nitro benzene ring substituents is 1. The number of fused-ring (bicyclic) bond motifs is 3. The smallest absolute Gasteiger partial charge is 0.315 e. The fourth-order valence-corrected chi connectivity index (χ4v) is 3.99. The second-order valence-corrected chi connectivity index (χ2v) is 8.68. The number of phenols is 1. The Bertz CT molecular complexity index is 1300. The number of amides is 1. The Morgan fingerprint density at radius 3 is 2.76 bits per heavy atom. The van der Waals surface area contributed by atoms with Gasteiger partial charge in [0, 0.05) is 21.8 Å². The number of aryl methyl sites for hydroxylation is 2. The molecular formula is C23H21BrN4O6. The first-order valence-corrected chi connectivity index (χ1v) is 11.4. The van der Waals surface area contributed by atoms with Crippen LogP contribution in [0.25, 0.3) is 11.0 Å². The van der Waals surface area contributed by atoms with Crippen molar-refractivity contribution in [3.63, 3.8) is 0 Å². The summed E-state index contributed by atoms with van der Waals surface area (Å²) in [6.07, 6.45) is 5.06. The van der Waals surface area contributed by atoms with Gasteiger partial charge in [0.25, 0.3) is 5.91 Å². The van der Waals surface area contributed by atoms with E-state index in [0.717, 1.165) is 47.0 Å². The molecule has 11 heteroatoms.